The standard InChI is InChI=1S/C24H21N3O3S2/c1-27(18-8-4-3-5-9-18)22(28)15-31-24-26-20-12-11-17(14-21(20)32-24)25-23(29)16-7-6-10-19(13-16)30-2/h3-14H,15H2,1-2H3,(H,25,29). The van der Waals surface area contributed by atoms with E-state index in [1.165, 1.54) is 23.1 Å². The van der Waals surface area contributed by atoms with Gasteiger partial charge in [0, 0.05) is 24.0 Å². The summed E-state index contributed by atoms with van der Waals surface area (Å²) in [7, 11) is 3.34. The molecule has 0 fully saturated rings. The van der Waals surface area contributed by atoms with Gasteiger partial charge in [0.25, 0.3) is 5.91 Å². The number of rotatable bonds is 7. The van der Waals surface area contributed by atoms with Crippen molar-refractivity contribution >= 4 is 56.5 Å². The van der Waals surface area contributed by atoms with Crippen LogP contribution in [0, 0.1) is 0 Å². The molecule has 162 valence electrons. The highest BCUT2D eigenvalue weighted by molar-refractivity contribution is 8.01. The minimum Gasteiger partial charge on any atom is -0.497 e. The maximum Gasteiger partial charge on any atom is 0.255 e. The molecule has 1 heterocycles. The molecule has 0 spiro atoms. The molecule has 4 rings (SSSR count). The maximum atomic E-state index is 12.6. The highest BCUT2D eigenvalue weighted by Crippen LogP contribution is 2.32. The van der Waals surface area contributed by atoms with Crippen molar-refractivity contribution in [1.29, 1.82) is 0 Å². The van der Waals surface area contributed by atoms with Gasteiger partial charge < -0.3 is 15.0 Å². The van der Waals surface area contributed by atoms with Gasteiger partial charge in [-0.3, -0.25) is 9.59 Å². The Morgan fingerprint density at radius 2 is 1.88 bits per heavy atom. The number of hydrogen-bond donors (Lipinski definition) is 1. The summed E-state index contributed by atoms with van der Waals surface area (Å²) in [5.74, 6) is 0.721. The Balaban J connectivity index is 1.41. The summed E-state index contributed by atoms with van der Waals surface area (Å²) in [6.07, 6.45) is 0. The number of benzene rings is 3. The molecule has 2 amide bonds. The number of nitrogens with one attached hydrogen (secondary N) is 1. The van der Waals surface area contributed by atoms with Crippen molar-refractivity contribution in [2.45, 2.75) is 4.34 Å². The van der Waals surface area contributed by atoms with Crippen LogP contribution in [0.4, 0.5) is 11.4 Å². The third-order valence-corrected chi connectivity index (χ3v) is 6.94. The molecule has 0 aliphatic carbocycles. The van der Waals surface area contributed by atoms with Crippen LogP contribution in [-0.4, -0.2) is 36.7 Å². The van der Waals surface area contributed by atoms with Gasteiger partial charge >= 0.3 is 0 Å². The number of ether oxygens (including phenoxy) is 1. The smallest absolute Gasteiger partial charge is 0.255 e. The number of carbonyl (C=O) groups excluding carboxylic acids is 2. The Labute approximate surface area is 194 Å². The zero-order valence-corrected chi connectivity index (χ0v) is 19.2. The number of para-hydroxylation sites is 1. The van der Waals surface area contributed by atoms with Gasteiger partial charge in [-0.1, -0.05) is 36.0 Å². The number of hydrogen-bond acceptors (Lipinski definition) is 6. The first-order valence-corrected chi connectivity index (χ1v) is 11.6. The van der Waals surface area contributed by atoms with Gasteiger partial charge in [0.2, 0.25) is 5.91 Å². The minimum atomic E-state index is -0.211. The van der Waals surface area contributed by atoms with Crippen molar-refractivity contribution in [2.24, 2.45) is 0 Å². The molecule has 0 unspecified atom stereocenters. The van der Waals surface area contributed by atoms with E-state index in [2.05, 4.69) is 10.3 Å². The second kappa shape index (κ2) is 9.84. The molecule has 0 bridgehead atoms. The molecular formula is C24H21N3O3S2. The monoisotopic (exact) mass is 463 g/mol. The molecule has 0 aliphatic rings. The van der Waals surface area contributed by atoms with Gasteiger partial charge in [-0.25, -0.2) is 4.98 Å². The summed E-state index contributed by atoms with van der Waals surface area (Å²) in [6, 6.07) is 22.1. The van der Waals surface area contributed by atoms with E-state index in [0.717, 1.165) is 20.2 Å². The number of methoxy groups -OCH3 is 1. The lowest BCUT2D eigenvalue weighted by Crippen LogP contribution is -2.27. The highest BCUT2D eigenvalue weighted by atomic mass is 32.2. The molecular weight excluding hydrogens is 442 g/mol. The fraction of sp³-hybridized carbons (Fsp3) is 0.125. The third kappa shape index (κ3) is 5.09. The summed E-state index contributed by atoms with van der Waals surface area (Å²) in [6.45, 7) is 0. The summed E-state index contributed by atoms with van der Waals surface area (Å²) >= 11 is 2.91. The van der Waals surface area contributed by atoms with E-state index < -0.39 is 0 Å². The van der Waals surface area contributed by atoms with Gasteiger partial charge in [-0.05, 0) is 48.5 Å². The van der Waals surface area contributed by atoms with Crippen LogP contribution in [0.3, 0.4) is 0 Å². The van der Waals surface area contributed by atoms with Gasteiger partial charge in [-0.15, -0.1) is 11.3 Å². The SMILES string of the molecule is COc1cccc(C(=O)Nc2ccc3nc(SCC(=O)N(C)c4ccccc4)sc3c2)c1. The van der Waals surface area contributed by atoms with Crippen molar-refractivity contribution in [2.75, 3.05) is 30.1 Å². The number of fused-ring (bicyclic) bond motifs is 1. The first-order chi connectivity index (χ1) is 15.5. The molecule has 0 radical (unpaired) electrons. The van der Waals surface area contributed by atoms with E-state index in [-0.39, 0.29) is 11.8 Å². The second-order valence-electron chi connectivity index (χ2n) is 6.93. The zero-order chi connectivity index (χ0) is 22.5. The van der Waals surface area contributed by atoms with Crippen LogP contribution < -0.4 is 15.0 Å². The van der Waals surface area contributed by atoms with Crippen LogP contribution in [0.5, 0.6) is 5.75 Å². The highest BCUT2D eigenvalue weighted by Gasteiger charge is 2.14. The van der Waals surface area contributed by atoms with Crippen LogP contribution >= 0.6 is 23.1 Å². The Bertz CT molecular complexity index is 1260. The van der Waals surface area contributed by atoms with Gasteiger partial charge in [0.1, 0.15) is 5.75 Å². The van der Waals surface area contributed by atoms with Crippen molar-refractivity contribution in [3.05, 3.63) is 78.4 Å². The minimum absolute atomic E-state index is 0.00620. The quantitative estimate of drug-likeness (QED) is 0.376. The average Bonchev–Trinajstić information content (AvgIpc) is 3.24. The first-order valence-electron chi connectivity index (χ1n) is 9.84. The van der Waals surface area contributed by atoms with E-state index in [1.807, 2.05) is 48.5 Å². The lowest BCUT2D eigenvalue weighted by Gasteiger charge is -2.16. The zero-order valence-electron chi connectivity index (χ0n) is 17.6. The third-order valence-electron chi connectivity index (χ3n) is 4.80. The molecule has 0 atom stereocenters. The Morgan fingerprint density at radius 3 is 2.66 bits per heavy atom. The van der Waals surface area contributed by atoms with E-state index in [1.54, 1.807) is 43.3 Å². The number of thioether (sulfide) groups is 1. The Kier molecular flexibility index (Phi) is 6.72. The van der Waals surface area contributed by atoms with Crippen LogP contribution in [0.1, 0.15) is 10.4 Å². The molecule has 0 saturated heterocycles. The van der Waals surface area contributed by atoms with Crippen molar-refractivity contribution in [3.63, 3.8) is 0 Å². The Morgan fingerprint density at radius 1 is 1.06 bits per heavy atom. The fourth-order valence-corrected chi connectivity index (χ4v) is 5.05. The molecule has 32 heavy (non-hydrogen) atoms. The molecule has 0 saturated carbocycles. The fourth-order valence-electron chi connectivity index (χ4n) is 3.03. The predicted molar refractivity (Wildman–Crippen MR) is 131 cm³/mol. The summed E-state index contributed by atoms with van der Waals surface area (Å²) < 4.78 is 6.93. The van der Waals surface area contributed by atoms with Gasteiger partial charge in [-0.2, -0.15) is 0 Å². The van der Waals surface area contributed by atoms with Crippen LogP contribution in [0.15, 0.2) is 77.1 Å². The normalized spacial score (nSPS) is 10.7. The number of anilines is 2. The largest absolute Gasteiger partial charge is 0.497 e. The topological polar surface area (TPSA) is 71.5 Å². The van der Waals surface area contributed by atoms with Crippen molar-refractivity contribution in [3.8, 4) is 5.75 Å². The summed E-state index contributed by atoms with van der Waals surface area (Å²) in [5, 5.41) is 2.91. The number of carbonyl (C=O) groups is 2. The molecule has 0 aliphatic heterocycles. The molecule has 3 aromatic carbocycles. The van der Waals surface area contributed by atoms with Crippen LogP contribution in [-0.2, 0) is 4.79 Å². The Hall–Kier alpha value is -3.36. The molecule has 4 aromatic rings. The van der Waals surface area contributed by atoms with E-state index in [4.69, 9.17) is 4.74 Å². The van der Waals surface area contributed by atoms with E-state index in [9.17, 15) is 9.59 Å². The van der Waals surface area contributed by atoms with E-state index >= 15 is 0 Å². The molecule has 6 nitrogen and oxygen atoms in total. The summed E-state index contributed by atoms with van der Waals surface area (Å²) in [4.78, 5) is 31.3. The van der Waals surface area contributed by atoms with Crippen molar-refractivity contribution in [1.82, 2.24) is 4.98 Å². The number of nitrogens with zero attached hydrogens (tertiary/aromatic N) is 2. The van der Waals surface area contributed by atoms with Crippen molar-refractivity contribution < 1.29 is 14.3 Å². The number of thiazole rings is 1. The maximum absolute atomic E-state index is 12.6. The molecule has 1 aromatic heterocycles. The van der Waals surface area contributed by atoms with Gasteiger partial charge in [0.05, 0.1) is 23.1 Å². The first kappa shape index (κ1) is 21.9. The summed E-state index contributed by atoms with van der Waals surface area (Å²) in [5.41, 5.74) is 2.90. The number of amides is 2. The van der Waals surface area contributed by atoms with Crippen LogP contribution in [0.25, 0.3) is 10.2 Å². The van der Waals surface area contributed by atoms with Crippen LogP contribution in [0.2, 0.25) is 0 Å². The van der Waals surface area contributed by atoms with E-state index in [0.29, 0.717) is 22.8 Å². The molecule has 8 heteroatoms. The molecule has 1 N–H and O–H groups in total. The lowest BCUT2D eigenvalue weighted by molar-refractivity contribution is -0.115. The lowest BCUT2D eigenvalue weighted by atomic mass is 10.2. The predicted octanol–water partition coefficient (Wildman–Crippen LogP) is 5.31. The van der Waals surface area contributed by atoms with Gasteiger partial charge in [0.15, 0.2) is 4.34 Å². The average molecular weight is 464 g/mol. The number of aromatic nitrogens is 1. The second-order valence-corrected chi connectivity index (χ2v) is 9.18.